The molecular formula is C21H14FN9O3. The van der Waals surface area contributed by atoms with Crippen molar-refractivity contribution in [2.75, 3.05) is 16.8 Å². The number of halogens is 1. The Morgan fingerprint density at radius 1 is 1.21 bits per heavy atom. The van der Waals surface area contributed by atoms with Gasteiger partial charge in [-0.15, -0.1) is 0 Å². The van der Waals surface area contributed by atoms with Crippen LogP contribution in [0.1, 0.15) is 22.7 Å². The van der Waals surface area contributed by atoms with Crippen molar-refractivity contribution in [2.45, 2.75) is 6.04 Å². The number of aromatic nitrogens is 1. The molecule has 2 heterocycles. The molecule has 0 radical (unpaired) electrons. The third-order valence-corrected chi connectivity index (χ3v) is 4.89. The van der Waals surface area contributed by atoms with Crippen LogP contribution in [0.3, 0.4) is 0 Å². The van der Waals surface area contributed by atoms with Gasteiger partial charge in [0.05, 0.1) is 10.6 Å². The number of pyridine rings is 1. The highest BCUT2D eigenvalue weighted by Crippen LogP contribution is 2.43. The van der Waals surface area contributed by atoms with Crippen LogP contribution in [-0.4, -0.2) is 15.9 Å². The van der Waals surface area contributed by atoms with Gasteiger partial charge in [-0.3, -0.25) is 15.4 Å². The fourth-order valence-electron chi connectivity index (χ4n) is 3.39. The molecule has 1 unspecified atom stereocenters. The number of aliphatic imine (C=N–C) groups is 1. The number of hydrogen-bond acceptors (Lipinski definition) is 11. The second kappa shape index (κ2) is 8.60. The number of nitrogen functional groups attached to an aromatic ring is 2. The number of anilines is 3. The first-order valence-corrected chi connectivity index (χ1v) is 9.53. The molecular weight excluding hydrogens is 445 g/mol. The zero-order valence-corrected chi connectivity index (χ0v) is 17.1. The Morgan fingerprint density at radius 3 is 2.59 bits per heavy atom. The van der Waals surface area contributed by atoms with E-state index in [1.165, 1.54) is 30.3 Å². The number of ether oxygens (including phenoxy) is 1. The van der Waals surface area contributed by atoms with E-state index in [9.17, 15) is 19.8 Å². The smallest absolute Gasteiger partial charge is 0.311 e. The zero-order valence-electron chi connectivity index (χ0n) is 17.1. The van der Waals surface area contributed by atoms with Crippen LogP contribution in [0.2, 0.25) is 0 Å². The molecule has 0 saturated heterocycles. The Bertz CT molecular complexity index is 1430. The van der Waals surface area contributed by atoms with E-state index in [0.717, 1.165) is 12.1 Å². The molecule has 1 aliphatic heterocycles. The van der Waals surface area contributed by atoms with Crippen molar-refractivity contribution in [2.24, 2.45) is 4.99 Å². The average Bonchev–Trinajstić information content (AvgIpc) is 2.80. The van der Waals surface area contributed by atoms with Crippen molar-refractivity contribution < 1.29 is 14.1 Å². The van der Waals surface area contributed by atoms with Gasteiger partial charge in [-0.05, 0) is 35.9 Å². The monoisotopic (exact) mass is 459 g/mol. The Labute approximate surface area is 191 Å². The maximum atomic E-state index is 13.2. The summed E-state index contributed by atoms with van der Waals surface area (Å²) in [5.41, 5.74) is 12.1. The molecule has 0 aliphatic carbocycles. The third kappa shape index (κ3) is 3.92. The van der Waals surface area contributed by atoms with Crippen LogP contribution in [0, 0.1) is 38.7 Å². The van der Waals surface area contributed by atoms with Crippen molar-refractivity contribution in [3.63, 3.8) is 0 Å². The molecule has 0 amide bonds. The number of guanidine groups is 1. The normalized spacial score (nSPS) is 14.0. The van der Waals surface area contributed by atoms with Crippen molar-refractivity contribution in [1.82, 2.24) is 10.3 Å². The number of hydrogen-bond donors (Lipinski definition) is 4. The lowest BCUT2D eigenvalue weighted by atomic mass is 9.94. The fourth-order valence-corrected chi connectivity index (χ4v) is 3.39. The van der Waals surface area contributed by atoms with Crippen molar-refractivity contribution in [3.05, 3.63) is 75.1 Å². The van der Waals surface area contributed by atoms with Gasteiger partial charge in [-0.1, -0.05) is 6.07 Å². The number of nitrogens with zero attached hydrogens (tertiary/aromatic N) is 5. The van der Waals surface area contributed by atoms with Gasteiger partial charge in [0.25, 0.3) is 0 Å². The van der Waals surface area contributed by atoms with Gasteiger partial charge in [0.2, 0.25) is 11.7 Å². The van der Waals surface area contributed by atoms with Crippen molar-refractivity contribution in [1.29, 1.82) is 10.5 Å². The molecule has 34 heavy (non-hydrogen) atoms. The minimum absolute atomic E-state index is 0.00319. The Balaban J connectivity index is 1.84. The van der Waals surface area contributed by atoms with Gasteiger partial charge in [-0.2, -0.15) is 10.5 Å². The summed E-state index contributed by atoms with van der Waals surface area (Å²) < 4.78 is 18.7. The number of nitrogens with one attached hydrogen (secondary N) is 2. The molecule has 13 heteroatoms. The van der Waals surface area contributed by atoms with Crippen LogP contribution in [0.15, 0.2) is 47.5 Å². The molecule has 168 valence electrons. The standard InChI is InChI=1S/C21H14FN9O3/c22-11-2-4-12(5-3-11)34-15-6-1-10(7-14(15)31(32)33)18-16-17(25)13(8-23)19(26)29-20(16)30-21(28-18)27-9-24/h1-7,18H,(H6,25,26,27,28,29,30). The first-order valence-electron chi connectivity index (χ1n) is 9.53. The number of nitro benzene ring substituents is 1. The lowest BCUT2D eigenvalue weighted by molar-refractivity contribution is -0.385. The van der Waals surface area contributed by atoms with Gasteiger partial charge < -0.3 is 21.5 Å². The summed E-state index contributed by atoms with van der Waals surface area (Å²) in [6.45, 7) is 0. The van der Waals surface area contributed by atoms with E-state index in [1.807, 2.05) is 6.07 Å². The maximum Gasteiger partial charge on any atom is 0.311 e. The number of benzene rings is 2. The molecule has 1 atom stereocenters. The predicted octanol–water partition coefficient (Wildman–Crippen LogP) is 2.90. The molecule has 0 saturated carbocycles. The second-order valence-electron chi connectivity index (χ2n) is 6.94. The summed E-state index contributed by atoms with van der Waals surface area (Å²) in [7, 11) is 0. The van der Waals surface area contributed by atoms with Gasteiger partial charge in [0.1, 0.15) is 40.9 Å². The summed E-state index contributed by atoms with van der Waals surface area (Å²) in [6, 6.07) is 10.0. The van der Waals surface area contributed by atoms with Gasteiger partial charge in [0.15, 0.2) is 6.19 Å². The first-order chi connectivity index (χ1) is 16.3. The average molecular weight is 459 g/mol. The lowest BCUT2D eigenvalue weighted by Gasteiger charge is -2.26. The quantitative estimate of drug-likeness (QED) is 0.194. The zero-order chi connectivity index (χ0) is 24.4. The van der Waals surface area contributed by atoms with Crippen LogP contribution < -0.4 is 26.8 Å². The molecule has 3 aromatic rings. The van der Waals surface area contributed by atoms with E-state index in [4.69, 9.17) is 21.5 Å². The minimum Gasteiger partial charge on any atom is -0.450 e. The molecule has 0 spiro atoms. The van der Waals surface area contributed by atoms with E-state index in [2.05, 4.69) is 20.6 Å². The summed E-state index contributed by atoms with van der Waals surface area (Å²) in [6.07, 6.45) is 1.72. The highest BCUT2D eigenvalue weighted by molar-refractivity contribution is 5.98. The molecule has 1 aromatic heterocycles. The number of nitriles is 2. The van der Waals surface area contributed by atoms with Gasteiger partial charge in [0, 0.05) is 11.6 Å². The van der Waals surface area contributed by atoms with Gasteiger partial charge in [-0.25, -0.2) is 14.4 Å². The minimum atomic E-state index is -0.967. The van der Waals surface area contributed by atoms with E-state index >= 15 is 0 Å². The molecule has 2 aromatic carbocycles. The second-order valence-corrected chi connectivity index (χ2v) is 6.94. The largest absolute Gasteiger partial charge is 0.450 e. The molecule has 0 fully saturated rings. The highest BCUT2D eigenvalue weighted by Gasteiger charge is 2.31. The summed E-state index contributed by atoms with van der Waals surface area (Å²) in [4.78, 5) is 19.7. The van der Waals surface area contributed by atoms with E-state index in [-0.39, 0.29) is 45.9 Å². The van der Waals surface area contributed by atoms with E-state index in [1.54, 1.807) is 6.19 Å². The number of nitro groups is 1. The highest BCUT2D eigenvalue weighted by atomic mass is 19.1. The van der Waals surface area contributed by atoms with Crippen LogP contribution in [0.25, 0.3) is 0 Å². The SMILES string of the molecule is N#CNC1=NC(c2ccc(Oc3ccc(F)cc3)c([N+](=O)[O-])c2)c2c(nc(N)c(C#N)c2N)N1. The van der Waals surface area contributed by atoms with Gasteiger partial charge >= 0.3 is 5.69 Å². The number of fused-ring (bicyclic) bond motifs is 1. The summed E-state index contributed by atoms with van der Waals surface area (Å²) in [5, 5.41) is 35.3. The molecule has 6 N–H and O–H groups in total. The van der Waals surface area contributed by atoms with Crippen LogP contribution >= 0.6 is 0 Å². The molecule has 0 bridgehead atoms. The fraction of sp³-hybridized carbons (Fsp3) is 0.0476. The van der Waals surface area contributed by atoms with Crippen LogP contribution in [0.5, 0.6) is 11.5 Å². The summed E-state index contributed by atoms with van der Waals surface area (Å²) in [5.74, 6) is -0.353. The number of nitrogens with two attached hydrogens (primary N) is 2. The number of rotatable bonds is 4. The van der Waals surface area contributed by atoms with Crippen LogP contribution in [-0.2, 0) is 0 Å². The Hall–Kier alpha value is -5.43. The maximum absolute atomic E-state index is 13.2. The first kappa shape index (κ1) is 21.8. The van der Waals surface area contributed by atoms with Crippen molar-refractivity contribution >= 4 is 29.0 Å². The Morgan fingerprint density at radius 2 is 1.94 bits per heavy atom. The van der Waals surface area contributed by atoms with Crippen molar-refractivity contribution in [3.8, 4) is 23.8 Å². The lowest BCUT2D eigenvalue weighted by Crippen LogP contribution is -2.32. The molecule has 4 rings (SSSR count). The van der Waals surface area contributed by atoms with E-state index < -0.39 is 22.5 Å². The predicted molar refractivity (Wildman–Crippen MR) is 119 cm³/mol. The Kier molecular flexibility index (Phi) is 5.51. The van der Waals surface area contributed by atoms with E-state index in [0.29, 0.717) is 5.56 Å². The third-order valence-electron chi connectivity index (χ3n) is 4.89. The molecule has 1 aliphatic rings. The molecule has 12 nitrogen and oxygen atoms in total. The topological polar surface area (TPSA) is 201 Å². The van der Waals surface area contributed by atoms with Crippen LogP contribution in [0.4, 0.5) is 27.4 Å². The summed E-state index contributed by atoms with van der Waals surface area (Å²) >= 11 is 0.